The second-order valence-electron chi connectivity index (χ2n) is 5.71. The number of anilines is 1. The number of hydrogen-bond acceptors (Lipinski definition) is 6. The third-order valence-corrected chi connectivity index (χ3v) is 5.83. The van der Waals surface area contributed by atoms with E-state index in [0.717, 1.165) is 0 Å². The Morgan fingerprint density at radius 1 is 1.04 bits per heavy atom. The third kappa shape index (κ3) is 4.16. The minimum atomic E-state index is -3.83. The molecule has 0 radical (unpaired) electrons. The Bertz CT molecular complexity index is 939. The molecule has 0 heterocycles. The molecule has 0 aliphatic heterocycles. The van der Waals surface area contributed by atoms with Crippen LogP contribution in [0.25, 0.3) is 0 Å². The van der Waals surface area contributed by atoms with E-state index in [9.17, 15) is 13.2 Å². The molecule has 2 rings (SSSR count). The highest BCUT2D eigenvalue weighted by Gasteiger charge is 2.24. The van der Waals surface area contributed by atoms with Gasteiger partial charge in [0.1, 0.15) is 0 Å². The summed E-state index contributed by atoms with van der Waals surface area (Å²) < 4.78 is 42.5. The van der Waals surface area contributed by atoms with Gasteiger partial charge in [0, 0.05) is 13.1 Å². The first-order valence-electron chi connectivity index (χ1n) is 8.25. The van der Waals surface area contributed by atoms with E-state index in [1.54, 1.807) is 32.0 Å². The molecule has 0 unspecified atom stereocenters. The number of nitrogens with zero attached hydrogens (tertiary/aromatic N) is 1. The largest absolute Gasteiger partial charge is 0.493 e. The summed E-state index contributed by atoms with van der Waals surface area (Å²) in [5, 5.41) is 0. The Morgan fingerprint density at radius 2 is 1.70 bits per heavy atom. The number of carbonyl (C=O) groups is 1. The molecule has 0 saturated heterocycles. The molecule has 0 fully saturated rings. The second kappa shape index (κ2) is 8.30. The van der Waals surface area contributed by atoms with Gasteiger partial charge < -0.3 is 14.2 Å². The van der Waals surface area contributed by atoms with Gasteiger partial charge in [-0.15, -0.1) is 0 Å². The Labute approximate surface area is 159 Å². The minimum absolute atomic E-state index is 0.0662. The monoisotopic (exact) mass is 393 g/mol. The topological polar surface area (TPSA) is 82.1 Å². The van der Waals surface area contributed by atoms with Crippen molar-refractivity contribution in [2.24, 2.45) is 0 Å². The average Bonchev–Trinajstić information content (AvgIpc) is 2.66. The molecule has 2 aromatic rings. The Hall–Kier alpha value is -2.74. The van der Waals surface area contributed by atoms with Crippen molar-refractivity contribution in [3.63, 3.8) is 0 Å². The molecule has 8 heteroatoms. The zero-order chi connectivity index (χ0) is 20.2. The number of esters is 1. The van der Waals surface area contributed by atoms with Crippen LogP contribution in [-0.4, -0.2) is 42.3 Å². The predicted molar refractivity (Wildman–Crippen MR) is 102 cm³/mol. The van der Waals surface area contributed by atoms with Gasteiger partial charge in [0.15, 0.2) is 11.5 Å². The normalized spacial score (nSPS) is 11.0. The van der Waals surface area contributed by atoms with E-state index in [1.807, 2.05) is 0 Å². The molecule has 2 aromatic carbocycles. The van der Waals surface area contributed by atoms with Gasteiger partial charge in [-0.3, -0.25) is 4.31 Å². The summed E-state index contributed by atoms with van der Waals surface area (Å²) in [7, 11) is 0.542. The average molecular weight is 393 g/mol. The first kappa shape index (κ1) is 20.6. The molecule has 0 saturated carbocycles. The van der Waals surface area contributed by atoms with Crippen LogP contribution in [-0.2, 0) is 14.8 Å². The molecule has 0 N–H and O–H groups in total. The summed E-state index contributed by atoms with van der Waals surface area (Å²) in [4.78, 5) is 11.9. The molecule has 0 atom stereocenters. The molecule has 146 valence electrons. The number of rotatable bonds is 7. The van der Waals surface area contributed by atoms with Gasteiger partial charge in [-0.05, 0) is 49.7 Å². The number of methoxy groups -OCH3 is 2. The quantitative estimate of drug-likeness (QED) is 0.673. The highest BCUT2D eigenvalue weighted by Crippen LogP contribution is 2.32. The Morgan fingerprint density at radius 3 is 2.26 bits per heavy atom. The fraction of sp³-hybridized carbons (Fsp3) is 0.316. The van der Waals surface area contributed by atoms with E-state index in [0.29, 0.717) is 28.3 Å². The van der Waals surface area contributed by atoms with Crippen LogP contribution in [0.4, 0.5) is 5.69 Å². The second-order valence-corrected chi connectivity index (χ2v) is 7.68. The molecular formula is C19H23NO6S. The maximum Gasteiger partial charge on any atom is 0.338 e. The lowest BCUT2D eigenvalue weighted by Gasteiger charge is -2.22. The highest BCUT2D eigenvalue weighted by molar-refractivity contribution is 7.92. The number of sulfonamides is 1. The van der Waals surface area contributed by atoms with Crippen molar-refractivity contribution in [1.82, 2.24) is 0 Å². The van der Waals surface area contributed by atoms with E-state index >= 15 is 0 Å². The van der Waals surface area contributed by atoms with Crippen molar-refractivity contribution in [2.75, 3.05) is 32.2 Å². The Kier molecular flexibility index (Phi) is 6.32. The van der Waals surface area contributed by atoms with E-state index in [-0.39, 0.29) is 11.5 Å². The van der Waals surface area contributed by atoms with Gasteiger partial charge >= 0.3 is 5.97 Å². The van der Waals surface area contributed by atoms with Crippen molar-refractivity contribution in [3.8, 4) is 11.5 Å². The van der Waals surface area contributed by atoms with E-state index in [4.69, 9.17) is 14.2 Å². The van der Waals surface area contributed by atoms with Crippen molar-refractivity contribution >= 4 is 21.7 Å². The summed E-state index contributed by atoms with van der Waals surface area (Å²) in [5.74, 6) is 0.313. The van der Waals surface area contributed by atoms with Crippen molar-refractivity contribution in [2.45, 2.75) is 18.7 Å². The van der Waals surface area contributed by atoms with E-state index < -0.39 is 16.0 Å². The van der Waals surface area contributed by atoms with Crippen LogP contribution < -0.4 is 13.8 Å². The summed E-state index contributed by atoms with van der Waals surface area (Å²) in [6.07, 6.45) is 0. The summed E-state index contributed by atoms with van der Waals surface area (Å²) in [6.45, 7) is 3.73. The van der Waals surface area contributed by atoms with Gasteiger partial charge in [-0.1, -0.05) is 0 Å². The minimum Gasteiger partial charge on any atom is -0.493 e. The van der Waals surface area contributed by atoms with Crippen LogP contribution in [0.3, 0.4) is 0 Å². The molecule has 0 aliphatic rings. The van der Waals surface area contributed by atoms with Crippen molar-refractivity contribution in [3.05, 3.63) is 47.5 Å². The third-order valence-electron chi connectivity index (χ3n) is 4.06. The Balaban J connectivity index is 2.41. The zero-order valence-electron chi connectivity index (χ0n) is 16.0. The number of hydrogen-bond donors (Lipinski definition) is 0. The van der Waals surface area contributed by atoms with Gasteiger partial charge in [0.2, 0.25) is 0 Å². The molecule has 0 amide bonds. The zero-order valence-corrected chi connectivity index (χ0v) is 16.8. The van der Waals surface area contributed by atoms with Crippen molar-refractivity contribution < 1.29 is 27.4 Å². The lowest BCUT2D eigenvalue weighted by Crippen LogP contribution is -2.27. The number of benzene rings is 2. The maximum absolute atomic E-state index is 13.0. The lowest BCUT2D eigenvalue weighted by molar-refractivity contribution is 0.0526. The molecule has 0 bridgehead atoms. The molecular weight excluding hydrogens is 370 g/mol. The van der Waals surface area contributed by atoms with Gasteiger partial charge in [0.05, 0.1) is 37.0 Å². The van der Waals surface area contributed by atoms with Gasteiger partial charge in [-0.2, -0.15) is 0 Å². The first-order chi connectivity index (χ1) is 12.8. The summed E-state index contributed by atoms with van der Waals surface area (Å²) in [6, 6.07) is 9.13. The van der Waals surface area contributed by atoms with Crippen LogP contribution in [0.15, 0.2) is 41.3 Å². The van der Waals surface area contributed by atoms with Gasteiger partial charge in [0.25, 0.3) is 10.0 Å². The summed E-state index contributed by atoms with van der Waals surface area (Å²) in [5.41, 5.74) is 1.46. The SMILES string of the molecule is CCOC(=O)c1ccc(N(C)S(=O)(=O)c2ccc(OC)c(OC)c2)c(C)c1. The van der Waals surface area contributed by atoms with Crippen LogP contribution in [0, 0.1) is 6.92 Å². The smallest absolute Gasteiger partial charge is 0.338 e. The maximum atomic E-state index is 13.0. The number of carbonyl (C=O) groups excluding carboxylic acids is 1. The predicted octanol–water partition coefficient (Wildman–Crippen LogP) is 3.01. The summed E-state index contributed by atoms with van der Waals surface area (Å²) >= 11 is 0. The van der Waals surface area contributed by atoms with Crippen LogP contribution in [0.5, 0.6) is 11.5 Å². The van der Waals surface area contributed by atoms with E-state index in [2.05, 4.69) is 0 Å². The molecule has 0 aromatic heterocycles. The molecule has 0 aliphatic carbocycles. The fourth-order valence-electron chi connectivity index (χ4n) is 2.61. The lowest BCUT2D eigenvalue weighted by atomic mass is 10.1. The molecule has 7 nitrogen and oxygen atoms in total. The van der Waals surface area contributed by atoms with Crippen LogP contribution in [0.2, 0.25) is 0 Å². The molecule has 27 heavy (non-hydrogen) atoms. The van der Waals surface area contributed by atoms with Crippen LogP contribution >= 0.6 is 0 Å². The van der Waals surface area contributed by atoms with Crippen molar-refractivity contribution in [1.29, 1.82) is 0 Å². The first-order valence-corrected chi connectivity index (χ1v) is 9.69. The molecule has 0 spiro atoms. The van der Waals surface area contributed by atoms with E-state index in [1.165, 1.54) is 43.8 Å². The highest BCUT2D eigenvalue weighted by atomic mass is 32.2. The standard InChI is InChI=1S/C19H23NO6S/c1-6-26-19(21)14-7-9-16(13(2)11-14)20(3)27(22,23)15-8-10-17(24-4)18(12-15)25-5/h7-12H,6H2,1-5H3. The number of aryl methyl sites for hydroxylation is 1. The fourth-order valence-corrected chi connectivity index (χ4v) is 3.89. The van der Waals surface area contributed by atoms with Crippen LogP contribution in [0.1, 0.15) is 22.8 Å². The van der Waals surface area contributed by atoms with Gasteiger partial charge in [-0.25, -0.2) is 13.2 Å². The number of ether oxygens (including phenoxy) is 3.